The SMILES string of the molecule is CCC(CC)(c1ccc(OCC(O)C(C)(C)C)c(C)c1)c1cc(C)c(C(=O)NC(CO)C(=O)O)s1. The average molecular weight is 506 g/mol. The third kappa shape index (κ3) is 6.42. The van der Waals surface area contributed by atoms with Gasteiger partial charge in [-0.1, -0.05) is 46.8 Å². The van der Waals surface area contributed by atoms with Gasteiger partial charge in [0.15, 0.2) is 6.04 Å². The van der Waals surface area contributed by atoms with Crippen molar-refractivity contribution >= 4 is 23.2 Å². The molecule has 0 saturated heterocycles. The van der Waals surface area contributed by atoms with Crippen molar-refractivity contribution in [2.24, 2.45) is 5.41 Å². The molecule has 1 heterocycles. The molecule has 2 atom stereocenters. The third-order valence-electron chi connectivity index (χ3n) is 6.71. The van der Waals surface area contributed by atoms with E-state index in [0.29, 0.717) is 4.88 Å². The number of carbonyl (C=O) groups excluding carboxylic acids is 1. The molecule has 4 N–H and O–H groups in total. The van der Waals surface area contributed by atoms with Crippen LogP contribution in [0.3, 0.4) is 0 Å². The van der Waals surface area contributed by atoms with Gasteiger partial charge in [-0.05, 0) is 60.9 Å². The van der Waals surface area contributed by atoms with Crippen LogP contribution in [0.2, 0.25) is 0 Å². The molecule has 0 fully saturated rings. The normalized spacial score (nSPS) is 13.9. The first-order valence-electron chi connectivity index (χ1n) is 12.0. The fourth-order valence-corrected chi connectivity index (χ4v) is 5.46. The van der Waals surface area contributed by atoms with E-state index in [2.05, 4.69) is 25.2 Å². The summed E-state index contributed by atoms with van der Waals surface area (Å²) < 4.78 is 5.92. The molecule has 1 aromatic carbocycles. The number of ether oxygens (including phenoxy) is 1. The van der Waals surface area contributed by atoms with E-state index in [-0.39, 0.29) is 17.4 Å². The van der Waals surface area contributed by atoms with E-state index in [1.807, 2.05) is 52.8 Å². The molecule has 8 heteroatoms. The molecule has 0 saturated carbocycles. The Morgan fingerprint density at radius 3 is 2.20 bits per heavy atom. The van der Waals surface area contributed by atoms with Gasteiger partial charge >= 0.3 is 5.97 Å². The first-order valence-corrected chi connectivity index (χ1v) is 12.8. The quantitative estimate of drug-likeness (QED) is 0.359. The largest absolute Gasteiger partial charge is 0.491 e. The van der Waals surface area contributed by atoms with Gasteiger partial charge in [-0.3, -0.25) is 4.79 Å². The standard InChI is InChI=1S/C27H39NO6S/c1-8-27(9-2,18-10-11-20(16(3)12-18)34-15-21(30)26(5,6)7)22-13-17(4)23(35-22)24(31)28-19(14-29)25(32)33/h10-13,19,21,29-30H,8-9,14-15H2,1-7H3,(H,28,31)(H,32,33). The molecule has 0 aliphatic rings. The van der Waals surface area contributed by atoms with E-state index < -0.39 is 30.6 Å². The molecule has 1 aromatic heterocycles. The van der Waals surface area contributed by atoms with Crippen LogP contribution in [0.25, 0.3) is 0 Å². The van der Waals surface area contributed by atoms with Gasteiger partial charge in [0.2, 0.25) is 0 Å². The molecule has 0 bridgehead atoms. The number of aliphatic hydroxyl groups excluding tert-OH is 2. The van der Waals surface area contributed by atoms with Crippen LogP contribution >= 0.6 is 11.3 Å². The van der Waals surface area contributed by atoms with Crippen LogP contribution in [0.5, 0.6) is 5.75 Å². The Balaban J connectivity index is 2.38. The number of aryl methyl sites for hydroxylation is 2. The predicted octanol–water partition coefficient (Wildman–Crippen LogP) is 4.43. The summed E-state index contributed by atoms with van der Waals surface area (Å²) in [4.78, 5) is 25.5. The number of hydrogen-bond acceptors (Lipinski definition) is 6. The number of amides is 1. The lowest BCUT2D eigenvalue weighted by Gasteiger charge is -2.32. The van der Waals surface area contributed by atoms with E-state index in [1.165, 1.54) is 11.3 Å². The second-order valence-electron chi connectivity index (χ2n) is 10.1. The maximum Gasteiger partial charge on any atom is 0.328 e. The van der Waals surface area contributed by atoms with Gasteiger partial charge in [0, 0.05) is 10.3 Å². The molecule has 0 radical (unpaired) electrons. The van der Waals surface area contributed by atoms with Crippen molar-refractivity contribution in [3.63, 3.8) is 0 Å². The summed E-state index contributed by atoms with van der Waals surface area (Å²) >= 11 is 1.36. The molecule has 2 rings (SSSR count). The summed E-state index contributed by atoms with van der Waals surface area (Å²) in [6.45, 7) is 13.5. The summed E-state index contributed by atoms with van der Waals surface area (Å²) in [5.74, 6) is -1.05. The summed E-state index contributed by atoms with van der Waals surface area (Å²) in [5.41, 5.74) is 2.24. The minimum atomic E-state index is -1.35. The highest BCUT2D eigenvalue weighted by Crippen LogP contribution is 2.44. The van der Waals surface area contributed by atoms with Gasteiger partial charge in [0.05, 0.1) is 17.6 Å². The number of rotatable bonds is 11. The lowest BCUT2D eigenvalue weighted by Crippen LogP contribution is -2.43. The average Bonchev–Trinajstić information content (AvgIpc) is 3.18. The van der Waals surface area contributed by atoms with E-state index >= 15 is 0 Å². The van der Waals surface area contributed by atoms with Crippen LogP contribution in [0.1, 0.15) is 78.7 Å². The van der Waals surface area contributed by atoms with E-state index in [9.17, 15) is 19.8 Å². The monoisotopic (exact) mass is 505 g/mol. The van der Waals surface area contributed by atoms with E-state index in [1.54, 1.807) is 0 Å². The molecule has 7 nitrogen and oxygen atoms in total. The summed E-state index contributed by atoms with van der Waals surface area (Å²) in [6, 6.07) is 6.74. The Hall–Kier alpha value is -2.42. The van der Waals surface area contributed by atoms with Crippen LogP contribution in [0, 0.1) is 19.3 Å². The van der Waals surface area contributed by atoms with Gasteiger partial charge in [0.25, 0.3) is 5.91 Å². The molecule has 194 valence electrons. The molecule has 2 aromatic rings. The lowest BCUT2D eigenvalue weighted by molar-refractivity contribution is -0.140. The van der Waals surface area contributed by atoms with Crippen molar-refractivity contribution in [2.45, 2.75) is 78.9 Å². The van der Waals surface area contributed by atoms with Crippen molar-refractivity contribution in [3.05, 3.63) is 50.7 Å². The maximum absolute atomic E-state index is 12.8. The van der Waals surface area contributed by atoms with Crippen LogP contribution < -0.4 is 10.1 Å². The summed E-state index contributed by atoms with van der Waals surface area (Å²) in [5, 5.41) is 31.1. The zero-order valence-corrected chi connectivity index (χ0v) is 22.6. The highest BCUT2D eigenvalue weighted by atomic mass is 32.1. The second-order valence-corrected chi connectivity index (χ2v) is 11.2. The van der Waals surface area contributed by atoms with Crippen molar-refractivity contribution in [1.82, 2.24) is 5.32 Å². The molecule has 0 aliphatic heterocycles. The minimum Gasteiger partial charge on any atom is -0.491 e. The minimum absolute atomic E-state index is 0.212. The van der Waals surface area contributed by atoms with Gasteiger partial charge < -0.3 is 25.4 Å². The van der Waals surface area contributed by atoms with Crippen molar-refractivity contribution < 1.29 is 29.6 Å². The Morgan fingerprint density at radius 2 is 1.71 bits per heavy atom. The molecule has 0 spiro atoms. The van der Waals surface area contributed by atoms with Crippen LogP contribution in [0.4, 0.5) is 0 Å². The summed E-state index contributed by atoms with van der Waals surface area (Å²) in [7, 11) is 0. The van der Waals surface area contributed by atoms with E-state index in [0.717, 1.165) is 40.2 Å². The number of nitrogens with one attached hydrogen (secondary N) is 1. The van der Waals surface area contributed by atoms with Gasteiger partial charge in [0.1, 0.15) is 12.4 Å². The second kappa shape index (κ2) is 11.5. The fourth-order valence-electron chi connectivity index (χ4n) is 4.03. The molecular formula is C27H39NO6S. The number of carboxylic acids is 1. The number of aliphatic hydroxyl groups is 2. The number of benzene rings is 1. The number of hydrogen-bond donors (Lipinski definition) is 4. The van der Waals surface area contributed by atoms with Gasteiger partial charge in [-0.2, -0.15) is 0 Å². The highest BCUT2D eigenvalue weighted by Gasteiger charge is 2.34. The van der Waals surface area contributed by atoms with Gasteiger partial charge in [-0.25, -0.2) is 4.79 Å². The first kappa shape index (κ1) is 28.8. The van der Waals surface area contributed by atoms with Crippen LogP contribution in [-0.4, -0.2) is 52.6 Å². The number of carbonyl (C=O) groups is 2. The summed E-state index contributed by atoms with van der Waals surface area (Å²) in [6.07, 6.45) is 1.03. The number of thiophene rings is 1. The van der Waals surface area contributed by atoms with Crippen LogP contribution in [-0.2, 0) is 10.2 Å². The maximum atomic E-state index is 12.8. The lowest BCUT2D eigenvalue weighted by atomic mass is 9.74. The van der Waals surface area contributed by atoms with Crippen molar-refractivity contribution in [1.29, 1.82) is 0 Å². The Kier molecular flexibility index (Phi) is 9.50. The topological polar surface area (TPSA) is 116 Å². The number of carboxylic acid groups (broad SMARTS) is 1. The van der Waals surface area contributed by atoms with Crippen molar-refractivity contribution in [3.8, 4) is 5.75 Å². The molecular weight excluding hydrogens is 466 g/mol. The zero-order chi connectivity index (χ0) is 26.6. The zero-order valence-electron chi connectivity index (χ0n) is 21.8. The smallest absolute Gasteiger partial charge is 0.328 e. The van der Waals surface area contributed by atoms with Gasteiger partial charge in [-0.15, -0.1) is 11.3 Å². The third-order valence-corrected chi connectivity index (χ3v) is 8.15. The Labute approximate surface area is 212 Å². The Bertz CT molecular complexity index is 1030. The van der Waals surface area contributed by atoms with Crippen LogP contribution in [0.15, 0.2) is 24.3 Å². The Morgan fingerprint density at radius 1 is 1.09 bits per heavy atom. The molecule has 2 unspecified atom stereocenters. The number of aliphatic carboxylic acids is 1. The fraction of sp³-hybridized carbons (Fsp3) is 0.556. The highest BCUT2D eigenvalue weighted by molar-refractivity contribution is 7.14. The molecule has 0 aliphatic carbocycles. The molecule has 35 heavy (non-hydrogen) atoms. The molecule has 1 amide bonds. The van der Waals surface area contributed by atoms with E-state index in [4.69, 9.17) is 9.84 Å². The van der Waals surface area contributed by atoms with Crippen molar-refractivity contribution in [2.75, 3.05) is 13.2 Å². The predicted molar refractivity (Wildman–Crippen MR) is 139 cm³/mol. The first-order chi connectivity index (χ1) is 16.3.